The van der Waals surface area contributed by atoms with Crippen molar-refractivity contribution < 1.29 is 9.53 Å². The maximum Gasteiger partial charge on any atom is 0.309 e. The van der Waals surface area contributed by atoms with Crippen molar-refractivity contribution in [2.24, 2.45) is 11.7 Å². The fraction of sp³-hybridized carbons (Fsp3) is 0.727. The molecule has 0 spiro atoms. The summed E-state index contributed by atoms with van der Waals surface area (Å²) >= 11 is 0. The number of hydrogen-bond acceptors (Lipinski definition) is 3. The van der Waals surface area contributed by atoms with Gasteiger partial charge in [0.05, 0.1) is 5.92 Å². The normalized spacial score (nSPS) is 27.4. The van der Waals surface area contributed by atoms with E-state index in [1.165, 1.54) is 0 Å². The van der Waals surface area contributed by atoms with Gasteiger partial charge in [0, 0.05) is 6.04 Å². The van der Waals surface area contributed by atoms with E-state index < -0.39 is 5.60 Å². The summed E-state index contributed by atoms with van der Waals surface area (Å²) in [5.74, 6) is -0.188. The number of esters is 1. The third-order valence-electron chi connectivity index (χ3n) is 2.10. The van der Waals surface area contributed by atoms with E-state index in [4.69, 9.17) is 10.5 Å². The highest BCUT2D eigenvalue weighted by atomic mass is 16.6. The molecule has 0 amide bonds. The number of rotatable bonds is 1. The van der Waals surface area contributed by atoms with Gasteiger partial charge in [-0.3, -0.25) is 4.79 Å². The molecule has 2 N–H and O–H groups in total. The molecule has 0 aromatic rings. The van der Waals surface area contributed by atoms with Crippen LogP contribution in [0.3, 0.4) is 0 Å². The second-order valence-corrected chi connectivity index (χ2v) is 4.79. The van der Waals surface area contributed by atoms with Gasteiger partial charge in [-0.2, -0.15) is 0 Å². The smallest absolute Gasteiger partial charge is 0.309 e. The Labute approximate surface area is 85.3 Å². The summed E-state index contributed by atoms with van der Waals surface area (Å²) in [6, 6.07) is 0.00117. The quantitative estimate of drug-likeness (QED) is 0.513. The van der Waals surface area contributed by atoms with Gasteiger partial charge in [-0.1, -0.05) is 12.2 Å². The van der Waals surface area contributed by atoms with Gasteiger partial charge in [-0.25, -0.2) is 0 Å². The van der Waals surface area contributed by atoms with Gasteiger partial charge in [-0.05, 0) is 33.6 Å². The van der Waals surface area contributed by atoms with Crippen LogP contribution in [0, 0.1) is 5.92 Å². The third-order valence-corrected chi connectivity index (χ3v) is 2.10. The van der Waals surface area contributed by atoms with Gasteiger partial charge in [0.1, 0.15) is 5.60 Å². The van der Waals surface area contributed by atoms with Gasteiger partial charge in [0.25, 0.3) is 0 Å². The summed E-state index contributed by atoms with van der Waals surface area (Å²) in [6.45, 7) is 5.64. The minimum absolute atomic E-state index is 0.00117. The Morgan fingerprint density at radius 2 is 2.14 bits per heavy atom. The monoisotopic (exact) mass is 197 g/mol. The molecule has 3 nitrogen and oxygen atoms in total. The SMILES string of the molecule is CC(C)(C)OC(=O)[C@H]1CC=C[C@H](N)C1. The fourth-order valence-corrected chi connectivity index (χ4v) is 1.50. The molecule has 1 aliphatic rings. The van der Waals surface area contributed by atoms with Gasteiger partial charge in [0.15, 0.2) is 0 Å². The summed E-state index contributed by atoms with van der Waals surface area (Å²) in [5, 5.41) is 0. The summed E-state index contributed by atoms with van der Waals surface area (Å²) in [5.41, 5.74) is 5.33. The van der Waals surface area contributed by atoms with Crippen molar-refractivity contribution in [1.29, 1.82) is 0 Å². The van der Waals surface area contributed by atoms with Crippen LogP contribution < -0.4 is 5.73 Å². The molecule has 0 aromatic heterocycles. The third kappa shape index (κ3) is 3.50. The molecule has 1 aliphatic carbocycles. The van der Waals surface area contributed by atoms with Crippen molar-refractivity contribution in [3.05, 3.63) is 12.2 Å². The molecule has 0 saturated carbocycles. The first-order chi connectivity index (χ1) is 6.38. The van der Waals surface area contributed by atoms with Crippen LogP contribution in [0.4, 0.5) is 0 Å². The first-order valence-corrected chi connectivity index (χ1v) is 5.03. The summed E-state index contributed by atoms with van der Waals surface area (Å²) in [4.78, 5) is 11.6. The molecule has 0 heterocycles. The second-order valence-electron chi connectivity index (χ2n) is 4.79. The van der Waals surface area contributed by atoms with Crippen LogP contribution in [0.2, 0.25) is 0 Å². The number of carbonyl (C=O) groups excluding carboxylic acids is 1. The minimum atomic E-state index is -0.400. The van der Waals surface area contributed by atoms with E-state index in [0.29, 0.717) is 6.42 Å². The first kappa shape index (κ1) is 11.2. The average molecular weight is 197 g/mol. The number of hydrogen-bond donors (Lipinski definition) is 1. The summed E-state index contributed by atoms with van der Waals surface area (Å²) in [7, 11) is 0. The highest BCUT2D eigenvalue weighted by Gasteiger charge is 2.27. The molecule has 0 aromatic carbocycles. The van der Waals surface area contributed by atoms with E-state index in [0.717, 1.165) is 6.42 Å². The van der Waals surface area contributed by atoms with Gasteiger partial charge in [0.2, 0.25) is 0 Å². The molecule has 14 heavy (non-hydrogen) atoms. The van der Waals surface area contributed by atoms with Gasteiger partial charge < -0.3 is 10.5 Å². The molecule has 3 heteroatoms. The van der Waals surface area contributed by atoms with Gasteiger partial charge in [-0.15, -0.1) is 0 Å². The van der Waals surface area contributed by atoms with Crippen molar-refractivity contribution in [1.82, 2.24) is 0 Å². The lowest BCUT2D eigenvalue weighted by Crippen LogP contribution is -2.33. The Morgan fingerprint density at radius 3 is 2.64 bits per heavy atom. The van der Waals surface area contributed by atoms with Crippen LogP contribution in [0.25, 0.3) is 0 Å². The molecule has 0 unspecified atom stereocenters. The molecule has 0 bridgehead atoms. The van der Waals surface area contributed by atoms with E-state index in [1.54, 1.807) is 0 Å². The Morgan fingerprint density at radius 1 is 1.50 bits per heavy atom. The Hall–Kier alpha value is -0.830. The zero-order valence-electron chi connectivity index (χ0n) is 9.12. The molecule has 2 atom stereocenters. The maximum atomic E-state index is 11.6. The topological polar surface area (TPSA) is 52.3 Å². The maximum absolute atomic E-state index is 11.6. The highest BCUT2D eigenvalue weighted by molar-refractivity contribution is 5.73. The largest absolute Gasteiger partial charge is 0.460 e. The van der Waals surface area contributed by atoms with E-state index >= 15 is 0 Å². The molecular formula is C11H19NO2. The van der Waals surface area contributed by atoms with Crippen molar-refractivity contribution in [3.8, 4) is 0 Å². The first-order valence-electron chi connectivity index (χ1n) is 5.03. The van der Waals surface area contributed by atoms with Crippen molar-refractivity contribution in [2.75, 3.05) is 0 Å². The molecule has 1 rings (SSSR count). The predicted octanol–water partition coefficient (Wildman–Crippen LogP) is 1.62. The zero-order valence-corrected chi connectivity index (χ0v) is 9.12. The van der Waals surface area contributed by atoms with Crippen LogP contribution >= 0.6 is 0 Å². The Balaban J connectivity index is 2.50. The fourth-order valence-electron chi connectivity index (χ4n) is 1.50. The molecule has 0 aliphatic heterocycles. The number of carbonyl (C=O) groups is 1. The van der Waals surface area contributed by atoms with Crippen LogP contribution in [0.15, 0.2) is 12.2 Å². The second kappa shape index (κ2) is 4.13. The standard InChI is InChI=1S/C11H19NO2/c1-11(2,3)14-10(13)8-5-4-6-9(12)7-8/h4,6,8-9H,5,7,12H2,1-3H3/t8-,9-/m0/s1. The van der Waals surface area contributed by atoms with Crippen molar-refractivity contribution in [2.45, 2.75) is 45.3 Å². The Kier molecular flexibility index (Phi) is 3.32. The van der Waals surface area contributed by atoms with Crippen LogP contribution in [0.1, 0.15) is 33.6 Å². The summed E-state index contributed by atoms with van der Waals surface area (Å²) in [6.07, 6.45) is 5.36. The summed E-state index contributed by atoms with van der Waals surface area (Å²) < 4.78 is 5.30. The van der Waals surface area contributed by atoms with Crippen molar-refractivity contribution in [3.63, 3.8) is 0 Å². The van der Waals surface area contributed by atoms with Crippen molar-refractivity contribution >= 4 is 5.97 Å². The van der Waals surface area contributed by atoms with E-state index in [2.05, 4.69) is 0 Å². The van der Waals surface area contributed by atoms with E-state index in [1.807, 2.05) is 32.9 Å². The predicted molar refractivity (Wildman–Crippen MR) is 55.7 cm³/mol. The van der Waals surface area contributed by atoms with Crippen LogP contribution in [0.5, 0.6) is 0 Å². The molecular weight excluding hydrogens is 178 g/mol. The van der Waals surface area contributed by atoms with E-state index in [-0.39, 0.29) is 17.9 Å². The van der Waals surface area contributed by atoms with Crippen LogP contribution in [-0.4, -0.2) is 17.6 Å². The molecule has 80 valence electrons. The highest BCUT2D eigenvalue weighted by Crippen LogP contribution is 2.21. The average Bonchev–Trinajstić information content (AvgIpc) is 2.01. The lowest BCUT2D eigenvalue weighted by Gasteiger charge is -2.26. The molecule has 0 fully saturated rings. The minimum Gasteiger partial charge on any atom is -0.460 e. The zero-order chi connectivity index (χ0) is 10.8. The van der Waals surface area contributed by atoms with Crippen LogP contribution in [-0.2, 0) is 9.53 Å². The number of allylic oxidation sites excluding steroid dienone is 1. The lowest BCUT2D eigenvalue weighted by atomic mass is 9.91. The molecule has 0 saturated heterocycles. The van der Waals surface area contributed by atoms with E-state index in [9.17, 15) is 4.79 Å². The lowest BCUT2D eigenvalue weighted by molar-refractivity contribution is -0.160. The molecule has 0 radical (unpaired) electrons. The van der Waals surface area contributed by atoms with Gasteiger partial charge >= 0.3 is 5.97 Å². The number of ether oxygens (including phenoxy) is 1. The Bertz CT molecular complexity index is 240. The number of nitrogens with two attached hydrogens (primary N) is 1.